The second kappa shape index (κ2) is 5.85. The molecular weight excluding hydrogens is 426 g/mol. The fraction of sp³-hybridized carbons (Fsp3) is 0.182. The van der Waals surface area contributed by atoms with Crippen LogP contribution >= 0.6 is 31.9 Å². The van der Waals surface area contributed by atoms with Gasteiger partial charge in [0.05, 0.1) is 17.1 Å². The lowest BCUT2D eigenvalue weighted by atomic mass is 10.3. The minimum absolute atomic E-state index is 0.0764. The summed E-state index contributed by atoms with van der Waals surface area (Å²) >= 11 is 6.43. The second-order valence-corrected chi connectivity index (χ2v) is 7.61. The van der Waals surface area contributed by atoms with E-state index in [1.165, 1.54) is 6.07 Å². The highest BCUT2D eigenvalue weighted by Crippen LogP contribution is 2.32. The Morgan fingerprint density at radius 1 is 1.14 bits per heavy atom. The van der Waals surface area contributed by atoms with Crippen LogP contribution in [0.4, 0.5) is 11.6 Å². The summed E-state index contributed by atoms with van der Waals surface area (Å²) in [5, 5.41) is 7.54. The number of halogens is 2. The number of benzene rings is 1. The number of aromatic nitrogens is 3. The molecular formula is C11H11Br2N5O2S. The first-order valence-corrected chi connectivity index (χ1v) is 8.73. The Morgan fingerprint density at radius 3 is 2.38 bits per heavy atom. The van der Waals surface area contributed by atoms with Crippen LogP contribution in [0.25, 0.3) is 0 Å². The predicted octanol–water partition coefficient (Wildman–Crippen LogP) is 2.40. The lowest BCUT2D eigenvalue weighted by Crippen LogP contribution is -2.18. The summed E-state index contributed by atoms with van der Waals surface area (Å²) in [7, 11) is -3.93. The highest BCUT2D eigenvalue weighted by molar-refractivity contribution is 9.11. The minimum Gasteiger partial charge on any atom is -0.398 e. The van der Waals surface area contributed by atoms with Crippen LogP contribution in [0.2, 0.25) is 0 Å². The van der Waals surface area contributed by atoms with Gasteiger partial charge >= 0.3 is 0 Å². The molecule has 0 saturated carbocycles. The molecule has 3 N–H and O–H groups in total. The zero-order chi connectivity index (χ0) is 15.8. The van der Waals surface area contributed by atoms with Crippen LogP contribution in [-0.2, 0) is 10.0 Å². The monoisotopic (exact) mass is 435 g/mol. The van der Waals surface area contributed by atoms with Crippen LogP contribution in [0.5, 0.6) is 0 Å². The second-order valence-electron chi connectivity index (χ2n) is 4.22. The first-order valence-electron chi connectivity index (χ1n) is 5.66. The van der Waals surface area contributed by atoms with E-state index in [-0.39, 0.29) is 16.5 Å². The average molecular weight is 437 g/mol. The Balaban J connectivity index is 2.46. The quantitative estimate of drug-likeness (QED) is 0.714. The van der Waals surface area contributed by atoms with Crippen LogP contribution < -0.4 is 10.5 Å². The lowest BCUT2D eigenvalue weighted by molar-refractivity contribution is 0.600. The fourth-order valence-electron chi connectivity index (χ4n) is 1.54. The van der Waals surface area contributed by atoms with Gasteiger partial charge in [-0.05, 0) is 41.9 Å². The third-order valence-corrected chi connectivity index (χ3v) is 5.41. The molecule has 0 saturated heterocycles. The summed E-state index contributed by atoms with van der Waals surface area (Å²) in [6.07, 6.45) is 0. The number of rotatable bonds is 3. The van der Waals surface area contributed by atoms with Crippen LogP contribution in [0.3, 0.4) is 0 Å². The maximum absolute atomic E-state index is 12.4. The summed E-state index contributed by atoms with van der Waals surface area (Å²) < 4.78 is 28.1. The van der Waals surface area contributed by atoms with Gasteiger partial charge in [-0.1, -0.05) is 15.9 Å². The van der Waals surface area contributed by atoms with Gasteiger partial charge in [-0.25, -0.2) is 18.1 Å². The topological polar surface area (TPSA) is 111 Å². The molecule has 1 heterocycles. The number of aryl methyl sites for hydroxylation is 2. The standard InChI is InChI=1S/C11H11Br2N5O2S/c1-5-6(2)16-17-11(15-5)18-21(19,20)10-8(13)3-7(12)4-9(10)14/h3-4H,14H2,1-2H3,(H,15,17,18). The first-order chi connectivity index (χ1) is 9.70. The molecule has 21 heavy (non-hydrogen) atoms. The number of hydrogen-bond acceptors (Lipinski definition) is 6. The van der Waals surface area contributed by atoms with E-state index >= 15 is 0 Å². The van der Waals surface area contributed by atoms with E-state index in [1.807, 2.05) is 0 Å². The highest BCUT2D eigenvalue weighted by atomic mass is 79.9. The van der Waals surface area contributed by atoms with Gasteiger partial charge in [0.25, 0.3) is 16.0 Å². The number of anilines is 2. The van der Waals surface area contributed by atoms with Gasteiger partial charge < -0.3 is 5.73 Å². The van der Waals surface area contributed by atoms with Crippen molar-refractivity contribution < 1.29 is 8.42 Å². The molecule has 0 spiro atoms. The highest BCUT2D eigenvalue weighted by Gasteiger charge is 2.23. The summed E-state index contributed by atoms with van der Waals surface area (Å²) in [4.78, 5) is 3.95. The van der Waals surface area contributed by atoms with E-state index in [0.717, 1.165) is 0 Å². The molecule has 0 unspecified atom stereocenters. The van der Waals surface area contributed by atoms with E-state index in [1.54, 1.807) is 19.9 Å². The normalized spacial score (nSPS) is 11.4. The van der Waals surface area contributed by atoms with Crippen molar-refractivity contribution in [1.82, 2.24) is 15.2 Å². The van der Waals surface area contributed by atoms with Crippen molar-refractivity contribution in [3.63, 3.8) is 0 Å². The van der Waals surface area contributed by atoms with Gasteiger partial charge in [0, 0.05) is 8.95 Å². The van der Waals surface area contributed by atoms with Gasteiger partial charge in [-0.3, -0.25) is 0 Å². The van der Waals surface area contributed by atoms with Gasteiger partial charge in [0.2, 0.25) is 0 Å². The summed E-state index contributed by atoms with van der Waals surface area (Å²) in [6.45, 7) is 3.45. The number of nitrogens with zero attached hydrogens (tertiary/aromatic N) is 3. The van der Waals surface area contributed by atoms with Crippen molar-refractivity contribution in [1.29, 1.82) is 0 Å². The van der Waals surface area contributed by atoms with Gasteiger partial charge in [0.1, 0.15) is 4.90 Å². The molecule has 1 aromatic heterocycles. The molecule has 10 heteroatoms. The zero-order valence-electron chi connectivity index (χ0n) is 11.1. The molecule has 0 aliphatic heterocycles. The van der Waals surface area contributed by atoms with E-state index in [4.69, 9.17) is 5.73 Å². The van der Waals surface area contributed by atoms with Crippen molar-refractivity contribution in [3.8, 4) is 0 Å². The Labute approximate surface area is 138 Å². The zero-order valence-corrected chi connectivity index (χ0v) is 15.0. The largest absolute Gasteiger partial charge is 0.398 e. The van der Waals surface area contributed by atoms with Crippen molar-refractivity contribution >= 4 is 53.5 Å². The van der Waals surface area contributed by atoms with E-state index in [2.05, 4.69) is 51.8 Å². The molecule has 0 aliphatic rings. The molecule has 0 atom stereocenters. The molecule has 112 valence electrons. The Bertz CT molecular complexity index is 787. The van der Waals surface area contributed by atoms with Crippen molar-refractivity contribution in [2.75, 3.05) is 10.5 Å². The van der Waals surface area contributed by atoms with Gasteiger partial charge in [-0.2, -0.15) is 5.10 Å². The molecule has 0 aliphatic carbocycles. The number of hydrogen-bond donors (Lipinski definition) is 2. The Hall–Kier alpha value is -1.26. The smallest absolute Gasteiger partial charge is 0.267 e. The lowest BCUT2D eigenvalue weighted by Gasteiger charge is -2.11. The number of nitrogen functional groups attached to an aromatic ring is 1. The predicted molar refractivity (Wildman–Crippen MR) is 86.4 cm³/mol. The van der Waals surface area contributed by atoms with E-state index < -0.39 is 10.0 Å². The first kappa shape index (κ1) is 16.1. The van der Waals surface area contributed by atoms with Gasteiger partial charge in [0.15, 0.2) is 0 Å². The summed E-state index contributed by atoms with van der Waals surface area (Å²) in [6, 6.07) is 3.09. The Kier molecular flexibility index (Phi) is 4.49. The van der Waals surface area contributed by atoms with Crippen molar-refractivity contribution in [2.45, 2.75) is 18.7 Å². The van der Waals surface area contributed by atoms with Crippen LogP contribution in [0.1, 0.15) is 11.4 Å². The van der Waals surface area contributed by atoms with Crippen LogP contribution in [0, 0.1) is 13.8 Å². The number of nitrogens with two attached hydrogens (primary N) is 1. The third kappa shape index (κ3) is 3.50. The molecule has 2 rings (SSSR count). The maximum Gasteiger partial charge on any atom is 0.267 e. The van der Waals surface area contributed by atoms with Gasteiger partial charge in [-0.15, -0.1) is 5.10 Å². The summed E-state index contributed by atoms with van der Waals surface area (Å²) in [5.74, 6) is -0.104. The third-order valence-electron chi connectivity index (χ3n) is 2.62. The number of sulfonamides is 1. The average Bonchev–Trinajstić information content (AvgIpc) is 2.31. The molecule has 2 aromatic rings. The van der Waals surface area contributed by atoms with Crippen LogP contribution in [-0.4, -0.2) is 23.6 Å². The molecule has 0 radical (unpaired) electrons. The Morgan fingerprint density at radius 2 is 1.81 bits per heavy atom. The molecule has 7 nitrogen and oxygen atoms in total. The minimum atomic E-state index is -3.93. The van der Waals surface area contributed by atoms with Crippen LogP contribution in [0.15, 0.2) is 26.0 Å². The maximum atomic E-state index is 12.4. The fourth-order valence-corrected chi connectivity index (χ4v) is 4.55. The summed E-state index contributed by atoms with van der Waals surface area (Å²) in [5.41, 5.74) is 7.09. The SMILES string of the molecule is Cc1nnc(NS(=O)(=O)c2c(N)cc(Br)cc2Br)nc1C. The molecule has 0 bridgehead atoms. The molecule has 0 amide bonds. The van der Waals surface area contributed by atoms with E-state index in [9.17, 15) is 8.42 Å². The molecule has 1 aromatic carbocycles. The number of nitrogens with one attached hydrogen (secondary N) is 1. The van der Waals surface area contributed by atoms with E-state index in [0.29, 0.717) is 20.3 Å². The van der Waals surface area contributed by atoms with Crippen molar-refractivity contribution in [3.05, 3.63) is 32.5 Å². The molecule has 0 fully saturated rings. The van der Waals surface area contributed by atoms with Crippen molar-refractivity contribution in [2.24, 2.45) is 0 Å².